The third-order valence-electron chi connectivity index (χ3n) is 5.14. The Morgan fingerprint density at radius 1 is 1.00 bits per heavy atom. The van der Waals surface area contributed by atoms with Crippen molar-refractivity contribution in [2.45, 2.75) is 58.5 Å². The minimum Gasteiger partial charge on any atom is -0.482 e. The molecule has 0 radical (unpaired) electrons. The van der Waals surface area contributed by atoms with Crippen molar-refractivity contribution < 1.29 is 19.1 Å². The van der Waals surface area contributed by atoms with Crippen LogP contribution in [0.5, 0.6) is 5.75 Å². The molecule has 1 aliphatic rings. The monoisotopic (exact) mass is 380 g/mol. The number of benzene rings is 2. The SMILES string of the molecule is C[C@H](OC(=O)COc1ccc2c(c1)CCC2)C(=O)c1ccc(C(C)(C)C)cc1. The number of esters is 1. The predicted molar refractivity (Wildman–Crippen MR) is 109 cm³/mol. The highest BCUT2D eigenvalue weighted by molar-refractivity contribution is 6.00. The number of carbonyl (C=O) groups is 2. The van der Waals surface area contributed by atoms with Crippen LogP contribution >= 0.6 is 0 Å². The van der Waals surface area contributed by atoms with Gasteiger partial charge in [0.25, 0.3) is 0 Å². The Kier molecular flexibility index (Phi) is 5.87. The van der Waals surface area contributed by atoms with E-state index in [2.05, 4.69) is 26.8 Å². The molecule has 0 N–H and O–H groups in total. The summed E-state index contributed by atoms with van der Waals surface area (Å²) in [4.78, 5) is 24.6. The van der Waals surface area contributed by atoms with E-state index in [0.717, 1.165) is 24.8 Å². The van der Waals surface area contributed by atoms with Crippen LogP contribution in [0.3, 0.4) is 0 Å². The van der Waals surface area contributed by atoms with Crippen molar-refractivity contribution in [2.24, 2.45) is 0 Å². The van der Waals surface area contributed by atoms with Gasteiger partial charge in [-0.3, -0.25) is 4.79 Å². The quantitative estimate of drug-likeness (QED) is 0.540. The van der Waals surface area contributed by atoms with Gasteiger partial charge in [0, 0.05) is 5.56 Å². The summed E-state index contributed by atoms with van der Waals surface area (Å²) < 4.78 is 10.8. The van der Waals surface area contributed by atoms with Gasteiger partial charge in [-0.25, -0.2) is 4.79 Å². The van der Waals surface area contributed by atoms with Crippen molar-refractivity contribution in [3.8, 4) is 5.75 Å². The molecule has 2 aromatic carbocycles. The second-order valence-electron chi connectivity index (χ2n) is 8.40. The summed E-state index contributed by atoms with van der Waals surface area (Å²) in [6.45, 7) is 7.74. The molecule has 0 saturated heterocycles. The summed E-state index contributed by atoms with van der Waals surface area (Å²) in [7, 11) is 0. The number of hydrogen-bond acceptors (Lipinski definition) is 4. The second kappa shape index (κ2) is 8.17. The minimum absolute atomic E-state index is 0.0224. The van der Waals surface area contributed by atoms with Gasteiger partial charge in [0.15, 0.2) is 12.7 Å². The van der Waals surface area contributed by atoms with Crippen molar-refractivity contribution in [1.29, 1.82) is 0 Å². The standard InChI is InChI=1S/C24H28O4/c1-16(23(26)18-8-11-20(12-9-18)24(2,3)4)28-22(25)15-27-21-13-10-17-6-5-7-19(17)14-21/h8-14,16H,5-7,15H2,1-4H3/t16-/m0/s1. The topological polar surface area (TPSA) is 52.6 Å². The third-order valence-corrected chi connectivity index (χ3v) is 5.14. The Labute approximate surface area is 166 Å². The molecule has 0 spiro atoms. The Morgan fingerprint density at radius 3 is 2.36 bits per heavy atom. The Hall–Kier alpha value is -2.62. The number of hydrogen-bond donors (Lipinski definition) is 0. The van der Waals surface area contributed by atoms with E-state index >= 15 is 0 Å². The smallest absolute Gasteiger partial charge is 0.344 e. The fourth-order valence-corrected chi connectivity index (χ4v) is 3.43. The summed E-state index contributed by atoms with van der Waals surface area (Å²) in [5.74, 6) is -0.103. The molecule has 4 heteroatoms. The van der Waals surface area contributed by atoms with Crippen LogP contribution in [-0.2, 0) is 27.8 Å². The van der Waals surface area contributed by atoms with E-state index in [1.807, 2.05) is 24.3 Å². The lowest BCUT2D eigenvalue weighted by Crippen LogP contribution is -2.27. The van der Waals surface area contributed by atoms with E-state index in [4.69, 9.17) is 9.47 Å². The molecule has 1 atom stereocenters. The number of rotatable bonds is 6. The number of ketones is 1. The van der Waals surface area contributed by atoms with Gasteiger partial charge in [0.1, 0.15) is 5.75 Å². The normalized spacial score (nSPS) is 14.3. The lowest BCUT2D eigenvalue weighted by molar-refractivity contribution is -0.148. The zero-order valence-corrected chi connectivity index (χ0v) is 17.1. The zero-order chi connectivity index (χ0) is 20.3. The number of fused-ring (bicyclic) bond motifs is 1. The predicted octanol–water partition coefficient (Wildman–Crippen LogP) is 4.67. The fraction of sp³-hybridized carbons (Fsp3) is 0.417. The molecule has 0 saturated carbocycles. The second-order valence-corrected chi connectivity index (χ2v) is 8.40. The Bertz CT molecular complexity index is 859. The zero-order valence-electron chi connectivity index (χ0n) is 17.1. The highest BCUT2D eigenvalue weighted by Gasteiger charge is 2.21. The molecule has 0 fully saturated rings. The first-order valence-corrected chi connectivity index (χ1v) is 9.83. The molecular formula is C24H28O4. The van der Waals surface area contributed by atoms with Crippen molar-refractivity contribution in [1.82, 2.24) is 0 Å². The molecule has 4 nitrogen and oxygen atoms in total. The van der Waals surface area contributed by atoms with E-state index < -0.39 is 12.1 Å². The maximum Gasteiger partial charge on any atom is 0.344 e. The minimum atomic E-state index is -0.850. The van der Waals surface area contributed by atoms with Crippen molar-refractivity contribution in [3.05, 3.63) is 64.7 Å². The molecule has 0 heterocycles. The summed E-state index contributed by atoms with van der Waals surface area (Å²) in [5, 5.41) is 0. The number of ether oxygens (including phenoxy) is 2. The van der Waals surface area contributed by atoms with Crippen molar-refractivity contribution in [2.75, 3.05) is 6.61 Å². The van der Waals surface area contributed by atoms with Gasteiger partial charge < -0.3 is 9.47 Å². The maximum atomic E-state index is 12.5. The van der Waals surface area contributed by atoms with E-state index in [0.29, 0.717) is 11.3 Å². The maximum absolute atomic E-state index is 12.5. The van der Waals surface area contributed by atoms with Crippen LogP contribution in [0.25, 0.3) is 0 Å². The summed E-state index contributed by atoms with van der Waals surface area (Å²) in [6, 6.07) is 13.4. The molecule has 1 aliphatic carbocycles. The van der Waals surface area contributed by atoms with Crippen molar-refractivity contribution in [3.63, 3.8) is 0 Å². The Morgan fingerprint density at radius 2 is 1.68 bits per heavy atom. The number of aryl methyl sites for hydroxylation is 2. The molecule has 3 rings (SSSR count). The van der Waals surface area contributed by atoms with Crippen LogP contribution < -0.4 is 4.74 Å². The van der Waals surface area contributed by atoms with Crippen LogP contribution in [0.4, 0.5) is 0 Å². The molecule has 28 heavy (non-hydrogen) atoms. The van der Waals surface area contributed by atoms with Gasteiger partial charge in [0.2, 0.25) is 5.78 Å². The highest BCUT2D eigenvalue weighted by Crippen LogP contribution is 2.26. The van der Waals surface area contributed by atoms with E-state index in [1.165, 1.54) is 11.1 Å². The lowest BCUT2D eigenvalue weighted by atomic mass is 9.86. The van der Waals surface area contributed by atoms with Crippen LogP contribution in [0.1, 0.15) is 61.2 Å². The van der Waals surface area contributed by atoms with Crippen LogP contribution in [0.15, 0.2) is 42.5 Å². The fourth-order valence-electron chi connectivity index (χ4n) is 3.43. The molecular weight excluding hydrogens is 352 g/mol. The molecule has 0 bridgehead atoms. The molecule has 0 amide bonds. The molecule has 0 aromatic heterocycles. The Balaban J connectivity index is 1.52. The number of Topliss-reactive ketones (excluding diaryl/α,β-unsaturated/α-hetero) is 1. The molecule has 0 unspecified atom stereocenters. The van der Waals surface area contributed by atoms with Gasteiger partial charge >= 0.3 is 5.97 Å². The largest absolute Gasteiger partial charge is 0.482 e. The average Bonchev–Trinajstić information content (AvgIpc) is 3.13. The summed E-state index contributed by atoms with van der Waals surface area (Å²) in [6.07, 6.45) is 2.47. The molecule has 2 aromatic rings. The van der Waals surface area contributed by atoms with Gasteiger partial charge in [-0.05, 0) is 60.4 Å². The highest BCUT2D eigenvalue weighted by atomic mass is 16.6. The first kappa shape index (κ1) is 20.1. The van der Waals surface area contributed by atoms with E-state index in [9.17, 15) is 9.59 Å². The van der Waals surface area contributed by atoms with Crippen LogP contribution in [0.2, 0.25) is 0 Å². The first-order valence-electron chi connectivity index (χ1n) is 9.83. The van der Waals surface area contributed by atoms with Crippen LogP contribution in [-0.4, -0.2) is 24.5 Å². The summed E-state index contributed by atoms with van der Waals surface area (Å²) in [5.41, 5.74) is 4.35. The van der Waals surface area contributed by atoms with Crippen LogP contribution in [0, 0.1) is 0 Å². The molecule has 0 aliphatic heterocycles. The van der Waals surface area contributed by atoms with E-state index in [-0.39, 0.29) is 17.8 Å². The lowest BCUT2D eigenvalue weighted by Gasteiger charge is -2.19. The first-order chi connectivity index (χ1) is 13.2. The summed E-state index contributed by atoms with van der Waals surface area (Å²) >= 11 is 0. The third kappa shape index (κ3) is 4.80. The number of carbonyl (C=O) groups excluding carboxylic acids is 2. The van der Waals surface area contributed by atoms with Gasteiger partial charge in [0.05, 0.1) is 0 Å². The molecule has 148 valence electrons. The van der Waals surface area contributed by atoms with Gasteiger partial charge in [-0.2, -0.15) is 0 Å². The van der Waals surface area contributed by atoms with Crippen molar-refractivity contribution >= 4 is 11.8 Å². The van der Waals surface area contributed by atoms with E-state index in [1.54, 1.807) is 19.1 Å². The van der Waals surface area contributed by atoms with Gasteiger partial charge in [-0.15, -0.1) is 0 Å². The van der Waals surface area contributed by atoms with Gasteiger partial charge in [-0.1, -0.05) is 51.1 Å². The average molecular weight is 380 g/mol.